The van der Waals surface area contributed by atoms with Gasteiger partial charge in [-0.25, -0.2) is 5.84 Å². The minimum Gasteiger partial charge on any atom is -0.327 e. The Kier molecular flexibility index (Phi) is 9.25. The SMILES string of the molecule is CCC[C@@H](N)CNC/C(Cc1ccccc1Cl)=C1/C(=O)N(Cc2ccccc2C#N)C=CN1N. The van der Waals surface area contributed by atoms with Crippen LogP contribution in [0.15, 0.2) is 72.2 Å². The second-order valence-corrected chi connectivity index (χ2v) is 8.71. The number of carbonyl (C=O) groups excluding carboxylic acids is 1. The van der Waals surface area contributed by atoms with E-state index in [1.54, 1.807) is 29.4 Å². The maximum Gasteiger partial charge on any atom is 0.276 e. The van der Waals surface area contributed by atoms with Gasteiger partial charge in [-0.05, 0) is 41.7 Å². The summed E-state index contributed by atoms with van der Waals surface area (Å²) in [6.45, 7) is 3.43. The summed E-state index contributed by atoms with van der Waals surface area (Å²) in [6, 6.07) is 17.0. The van der Waals surface area contributed by atoms with E-state index in [1.165, 1.54) is 5.01 Å². The molecule has 2 aromatic carbocycles. The zero-order valence-electron chi connectivity index (χ0n) is 19.4. The first-order valence-electron chi connectivity index (χ1n) is 11.4. The summed E-state index contributed by atoms with van der Waals surface area (Å²) in [6.07, 6.45) is 5.68. The van der Waals surface area contributed by atoms with Gasteiger partial charge in [-0.2, -0.15) is 5.26 Å². The van der Waals surface area contributed by atoms with Crippen LogP contribution >= 0.6 is 11.6 Å². The van der Waals surface area contributed by atoms with Crippen LogP contribution in [0.25, 0.3) is 0 Å². The zero-order valence-corrected chi connectivity index (χ0v) is 20.1. The topological polar surface area (TPSA) is 111 Å². The minimum absolute atomic E-state index is 0.0338. The molecule has 2 aromatic rings. The summed E-state index contributed by atoms with van der Waals surface area (Å²) >= 11 is 6.43. The van der Waals surface area contributed by atoms with Crippen LogP contribution in [0.4, 0.5) is 0 Å². The molecule has 1 aliphatic heterocycles. The standard InChI is InChI=1S/C26H31ClN6O/c1-2-7-23(29)17-31-16-22(14-19-8-5-6-11-24(19)27)25-26(34)32(12-13-33(25)30)18-21-10-4-3-9-20(21)15-28/h3-6,8-13,23,31H,2,7,14,16-18,29-30H2,1H3/b25-22-/t23-/m1/s1. The van der Waals surface area contributed by atoms with Gasteiger partial charge in [-0.3, -0.25) is 9.80 Å². The highest BCUT2D eigenvalue weighted by molar-refractivity contribution is 6.31. The first kappa shape index (κ1) is 25.5. The van der Waals surface area contributed by atoms with E-state index in [0.29, 0.717) is 35.8 Å². The Bertz CT molecular complexity index is 1110. The smallest absolute Gasteiger partial charge is 0.276 e. The fraction of sp³-hybridized carbons (Fsp3) is 0.308. The Hall–Kier alpha value is -3.15. The number of hydrazine groups is 1. The number of benzene rings is 2. The number of nitrogens with two attached hydrogens (primary N) is 2. The summed E-state index contributed by atoms with van der Waals surface area (Å²) in [4.78, 5) is 15.2. The predicted molar refractivity (Wildman–Crippen MR) is 135 cm³/mol. The van der Waals surface area contributed by atoms with Gasteiger partial charge in [-0.1, -0.05) is 61.3 Å². The lowest BCUT2D eigenvalue weighted by Gasteiger charge is -2.31. The molecule has 1 heterocycles. The number of nitrogens with one attached hydrogen (secondary N) is 1. The van der Waals surface area contributed by atoms with Gasteiger partial charge in [0, 0.05) is 36.6 Å². The second-order valence-electron chi connectivity index (χ2n) is 8.31. The van der Waals surface area contributed by atoms with Crippen molar-refractivity contribution in [2.75, 3.05) is 13.1 Å². The van der Waals surface area contributed by atoms with E-state index in [-0.39, 0.29) is 18.5 Å². The molecule has 0 radical (unpaired) electrons. The summed E-state index contributed by atoms with van der Waals surface area (Å²) in [5.41, 5.74) is 9.57. The van der Waals surface area contributed by atoms with E-state index < -0.39 is 0 Å². The molecule has 1 amide bonds. The lowest BCUT2D eigenvalue weighted by atomic mass is 10.0. The fourth-order valence-corrected chi connectivity index (χ4v) is 4.14. The van der Waals surface area contributed by atoms with E-state index in [1.807, 2.05) is 36.4 Å². The lowest BCUT2D eigenvalue weighted by Crippen LogP contribution is -2.43. The van der Waals surface area contributed by atoms with Crippen LogP contribution in [-0.2, 0) is 17.8 Å². The van der Waals surface area contributed by atoms with E-state index in [4.69, 9.17) is 23.2 Å². The van der Waals surface area contributed by atoms with E-state index in [0.717, 1.165) is 29.5 Å². The largest absolute Gasteiger partial charge is 0.327 e. The van der Waals surface area contributed by atoms with Crippen molar-refractivity contribution in [2.24, 2.45) is 11.6 Å². The molecule has 0 saturated heterocycles. The number of amides is 1. The Labute approximate surface area is 206 Å². The summed E-state index contributed by atoms with van der Waals surface area (Å²) in [7, 11) is 0. The van der Waals surface area contributed by atoms with Crippen molar-refractivity contribution < 1.29 is 4.79 Å². The molecule has 0 unspecified atom stereocenters. The number of halogens is 1. The molecule has 7 nitrogen and oxygen atoms in total. The Morgan fingerprint density at radius 2 is 1.85 bits per heavy atom. The monoisotopic (exact) mass is 478 g/mol. The average molecular weight is 479 g/mol. The quantitative estimate of drug-likeness (QED) is 0.356. The average Bonchev–Trinajstić information content (AvgIpc) is 2.82. The number of hydrogen-bond donors (Lipinski definition) is 3. The van der Waals surface area contributed by atoms with Gasteiger partial charge in [0.15, 0.2) is 0 Å². The molecule has 1 aliphatic rings. The number of hydrogen-bond acceptors (Lipinski definition) is 6. The first-order valence-corrected chi connectivity index (χ1v) is 11.7. The van der Waals surface area contributed by atoms with Crippen molar-refractivity contribution in [2.45, 2.75) is 38.8 Å². The molecule has 178 valence electrons. The van der Waals surface area contributed by atoms with Crippen LogP contribution in [0.1, 0.15) is 36.5 Å². The Balaban J connectivity index is 1.91. The van der Waals surface area contributed by atoms with E-state index >= 15 is 0 Å². The van der Waals surface area contributed by atoms with Crippen LogP contribution in [0.5, 0.6) is 0 Å². The molecule has 0 aromatic heterocycles. The molecular formula is C26H31ClN6O. The third-order valence-electron chi connectivity index (χ3n) is 5.71. The van der Waals surface area contributed by atoms with Crippen molar-refractivity contribution in [3.63, 3.8) is 0 Å². The molecule has 8 heteroatoms. The number of rotatable bonds is 10. The van der Waals surface area contributed by atoms with Crippen molar-refractivity contribution in [1.29, 1.82) is 5.26 Å². The van der Waals surface area contributed by atoms with Crippen LogP contribution < -0.4 is 16.9 Å². The fourth-order valence-electron chi connectivity index (χ4n) is 3.93. The number of carbonyl (C=O) groups is 1. The molecular weight excluding hydrogens is 448 g/mol. The molecule has 1 atom stereocenters. The molecule has 0 bridgehead atoms. The van der Waals surface area contributed by atoms with Crippen LogP contribution in [-0.4, -0.2) is 34.9 Å². The molecule has 0 fully saturated rings. The molecule has 0 spiro atoms. The van der Waals surface area contributed by atoms with Crippen LogP contribution in [0, 0.1) is 11.3 Å². The minimum atomic E-state index is -0.237. The summed E-state index contributed by atoms with van der Waals surface area (Å²) in [5.74, 6) is 6.02. The van der Waals surface area contributed by atoms with Crippen LogP contribution in [0.3, 0.4) is 0 Å². The third kappa shape index (κ3) is 6.46. The van der Waals surface area contributed by atoms with Gasteiger partial charge in [0.1, 0.15) is 5.70 Å². The molecule has 34 heavy (non-hydrogen) atoms. The zero-order chi connectivity index (χ0) is 24.5. The lowest BCUT2D eigenvalue weighted by molar-refractivity contribution is -0.127. The molecule has 0 saturated carbocycles. The number of nitriles is 1. The maximum absolute atomic E-state index is 13.6. The maximum atomic E-state index is 13.6. The van der Waals surface area contributed by atoms with Gasteiger partial charge < -0.3 is 16.0 Å². The van der Waals surface area contributed by atoms with Gasteiger partial charge >= 0.3 is 0 Å². The molecule has 5 N–H and O–H groups in total. The number of nitrogens with zero attached hydrogens (tertiary/aromatic N) is 3. The van der Waals surface area contributed by atoms with E-state index in [2.05, 4.69) is 18.3 Å². The van der Waals surface area contributed by atoms with E-state index in [9.17, 15) is 10.1 Å². The Morgan fingerprint density at radius 1 is 1.15 bits per heavy atom. The highest BCUT2D eigenvalue weighted by Gasteiger charge is 2.28. The summed E-state index contributed by atoms with van der Waals surface area (Å²) < 4.78 is 0. The highest BCUT2D eigenvalue weighted by Crippen LogP contribution is 2.25. The van der Waals surface area contributed by atoms with Crippen molar-refractivity contribution in [3.8, 4) is 6.07 Å². The summed E-state index contributed by atoms with van der Waals surface area (Å²) in [5, 5.41) is 14.8. The highest BCUT2D eigenvalue weighted by atomic mass is 35.5. The van der Waals surface area contributed by atoms with Crippen molar-refractivity contribution in [1.82, 2.24) is 15.2 Å². The van der Waals surface area contributed by atoms with Gasteiger partial charge in [0.25, 0.3) is 5.91 Å². The van der Waals surface area contributed by atoms with Crippen molar-refractivity contribution in [3.05, 3.63) is 93.9 Å². The van der Waals surface area contributed by atoms with Gasteiger partial charge in [-0.15, -0.1) is 0 Å². The second kappa shape index (κ2) is 12.4. The van der Waals surface area contributed by atoms with Gasteiger partial charge in [0.2, 0.25) is 0 Å². The normalized spacial score (nSPS) is 15.9. The first-order chi connectivity index (χ1) is 16.4. The van der Waals surface area contributed by atoms with Crippen molar-refractivity contribution >= 4 is 17.5 Å². The Morgan fingerprint density at radius 3 is 2.56 bits per heavy atom. The predicted octanol–water partition coefficient (Wildman–Crippen LogP) is 3.41. The van der Waals surface area contributed by atoms with Crippen LogP contribution in [0.2, 0.25) is 5.02 Å². The molecule has 3 rings (SSSR count). The van der Waals surface area contributed by atoms with Gasteiger partial charge in [0.05, 0.1) is 18.2 Å². The molecule has 0 aliphatic carbocycles. The third-order valence-corrected chi connectivity index (χ3v) is 6.08.